The molecule has 4 nitrogen and oxygen atoms in total. The number of carbonyl (C=O) groups is 1. The molecular weight excluding hydrogens is 275 g/mol. The van der Waals surface area contributed by atoms with Gasteiger partial charge in [-0.05, 0) is 23.8 Å². The molecule has 2 aliphatic rings. The van der Waals surface area contributed by atoms with Crippen LogP contribution in [-0.4, -0.2) is 12.8 Å². The fourth-order valence-corrected chi connectivity index (χ4v) is 2.73. The van der Waals surface area contributed by atoms with E-state index < -0.39 is 0 Å². The number of carbonyl (C=O) groups excluding carboxylic acids is 1. The SMILES string of the molecule is O=C1CC(c2ccc(F)cc2)c2cc3c(cc2O1)OCO3. The number of esters is 1. The molecule has 0 fully saturated rings. The summed E-state index contributed by atoms with van der Waals surface area (Å²) in [6.45, 7) is 0.160. The standard InChI is InChI=1S/C16H11FO4/c17-10-3-1-9(2-4-10)11-6-16(18)21-13-7-15-14(5-12(11)13)19-8-20-15/h1-5,7,11H,6,8H2. The Balaban J connectivity index is 1.83. The summed E-state index contributed by atoms with van der Waals surface area (Å²) in [7, 11) is 0. The molecule has 2 aliphatic heterocycles. The Morgan fingerprint density at radius 3 is 2.48 bits per heavy atom. The number of fused-ring (bicyclic) bond motifs is 2. The average molecular weight is 286 g/mol. The third-order valence-electron chi connectivity index (χ3n) is 3.75. The fraction of sp³-hybridized carbons (Fsp3) is 0.188. The van der Waals surface area contributed by atoms with Crippen LogP contribution in [0.2, 0.25) is 0 Å². The van der Waals surface area contributed by atoms with E-state index in [0.717, 1.165) is 11.1 Å². The molecule has 0 amide bonds. The van der Waals surface area contributed by atoms with E-state index in [1.165, 1.54) is 12.1 Å². The number of rotatable bonds is 1. The molecule has 0 bridgehead atoms. The van der Waals surface area contributed by atoms with Crippen molar-refractivity contribution in [3.8, 4) is 17.2 Å². The Kier molecular flexibility index (Phi) is 2.60. The number of hydrogen-bond donors (Lipinski definition) is 0. The van der Waals surface area contributed by atoms with Gasteiger partial charge in [-0.1, -0.05) is 12.1 Å². The predicted molar refractivity (Wildman–Crippen MR) is 71.1 cm³/mol. The molecule has 2 heterocycles. The van der Waals surface area contributed by atoms with Gasteiger partial charge in [0, 0.05) is 17.5 Å². The van der Waals surface area contributed by atoms with Crippen LogP contribution in [0, 0.1) is 5.82 Å². The highest BCUT2D eigenvalue weighted by Crippen LogP contribution is 2.45. The molecule has 106 valence electrons. The van der Waals surface area contributed by atoms with Gasteiger partial charge >= 0.3 is 5.97 Å². The van der Waals surface area contributed by atoms with Gasteiger partial charge in [-0.2, -0.15) is 0 Å². The second-order valence-corrected chi connectivity index (χ2v) is 5.03. The molecule has 0 spiro atoms. The molecule has 0 saturated carbocycles. The Hall–Kier alpha value is -2.56. The highest BCUT2D eigenvalue weighted by molar-refractivity contribution is 5.78. The average Bonchev–Trinajstić information content (AvgIpc) is 2.92. The van der Waals surface area contributed by atoms with Gasteiger partial charge in [0.05, 0.1) is 6.42 Å². The summed E-state index contributed by atoms with van der Waals surface area (Å²) >= 11 is 0. The van der Waals surface area contributed by atoms with Crippen molar-refractivity contribution in [2.75, 3.05) is 6.79 Å². The van der Waals surface area contributed by atoms with Crippen molar-refractivity contribution in [3.05, 3.63) is 53.3 Å². The topological polar surface area (TPSA) is 44.8 Å². The second-order valence-electron chi connectivity index (χ2n) is 5.03. The Morgan fingerprint density at radius 2 is 1.71 bits per heavy atom. The van der Waals surface area contributed by atoms with Crippen LogP contribution in [0.3, 0.4) is 0 Å². The third kappa shape index (κ3) is 2.01. The lowest BCUT2D eigenvalue weighted by Gasteiger charge is -2.25. The number of benzene rings is 2. The zero-order valence-corrected chi connectivity index (χ0v) is 11.0. The van der Waals surface area contributed by atoms with Crippen LogP contribution in [0.5, 0.6) is 17.2 Å². The first-order chi connectivity index (χ1) is 10.2. The highest BCUT2D eigenvalue weighted by atomic mass is 19.1. The first-order valence-electron chi connectivity index (χ1n) is 6.60. The zero-order chi connectivity index (χ0) is 14.4. The third-order valence-corrected chi connectivity index (χ3v) is 3.75. The highest BCUT2D eigenvalue weighted by Gasteiger charge is 2.31. The van der Waals surface area contributed by atoms with Gasteiger partial charge in [0.15, 0.2) is 11.5 Å². The molecular formula is C16H11FO4. The zero-order valence-electron chi connectivity index (χ0n) is 11.0. The fourth-order valence-electron chi connectivity index (χ4n) is 2.73. The van der Waals surface area contributed by atoms with E-state index >= 15 is 0 Å². The van der Waals surface area contributed by atoms with Crippen molar-refractivity contribution < 1.29 is 23.4 Å². The minimum absolute atomic E-state index is 0.160. The van der Waals surface area contributed by atoms with Gasteiger partial charge in [0.1, 0.15) is 11.6 Å². The van der Waals surface area contributed by atoms with Gasteiger partial charge in [-0.3, -0.25) is 4.79 Å². The van der Waals surface area contributed by atoms with Crippen molar-refractivity contribution in [1.29, 1.82) is 0 Å². The van der Waals surface area contributed by atoms with Crippen LogP contribution in [0.1, 0.15) is 23.5 Å². The van der Waals surface area contributed by atoms with E-state index in [0.29, 0.717) is 17.2 Å². The molecule has 1 unspecified atom stereocenters. The summed E-state index contributed by atoms with van der Waals surface area (Å²) in [5.41, 5.74) is 1.72. The summed E-state index contributed by atoms with van der Waals surface area (Å²) in [5, 5.41) is 0. The Bertz CT molecular complexity index is 724. The van der Waals surface area contributed by atoms with E-state index in [2.05, 4.69) is 0 Å². The van der Waals surface area contributed by atoms with E-state index in [-0.39, 0.29) is 30.9 Å². The van der Waals surface area contributed by atoms with Crippen molar-refractivity contribution in [2.24, 2.45) is 0 Å². The number of halogens is 1. The van der Waals surface area contributed by atoms with Crippen LogP contribution in [0.25, 0.3) is 0 Å². The Labute approximate surface area is 120 Å². The lowest BCUT2D eigenvalue weighted by molar-refractivity contribution is -0.135. The largest absolute Gasteiger partial charge is 0.454 e. The Morgan fingerprint density at radius 1 is 1.00 bits per heavy atom. The molecule has 0 aliphatic carbocycles. The maximum atomic E-state index is 13.1. The normalized spacial score (nSPS) is 19.1. The van der Waals surface area contributed by atoms with Crippen LogP contribution in [-0.2, 0) is 4.79 Å². The molecule has 0 aromatic heterocycles. The monoisotopic (exact) mass is 286 g/mol. The van der Waals surface area contributed by atoms with E-state index in [4.69, 9.17) is 14.2 Å². The number of ether oxygens (including phenoxy) is 3. The summed E-state index contributed by atoms with van der Waals surface area (Å²) < 4.78 is 29.0. The molecule has 4 rings (SSSR count). The summed E-state index contributed by atoms with van der Waals surface area (Å²) in [6, 6.07) is 9.66. The first kappa shape index (κ1) is 12.2. The maximum Gasteiger partial charge on any atom is 0.312 e. The summed E-state index contributed by atoms with van der Waals surface area (Å²) in [5.74, 6) is 0.903. The number of hydrogen-bond acceptors (Lipinski definition) is 4. The quantitative estimate of drug-likeness (QED) is 0.597. The molecule has 1 atom stereocenters. The maximum absolute atomic E-state index is 13.1. The molecule has 2 aromatic carbocycles. The molecule has 2 aromatic rings. The van der Waals surface area contributed by atoms with E-state index in [1.807, 2.05) is 6.07 Å². The smallest absolute Gasteiger partial charge is 0.312 e. The lowest BCUT2D eigenvalue weighted by atomic mass is 9.86. The predicted octanol–water partition coefficient (Wildman–Crippen LogP) is 3.00. The minimum atomic E-state index is -0.310. The van der Waals surface area contributed by atoms with Gasteiger partial charge in [0.2, 0.25) is 6.79 Å². The first-order valence-corrected chi connectivity index (χ1v) is 6.60. The second kappa shape index (κ2) is 4.48. The van der Waals surface area contributed by atoms with Gasteiger partial charge in [-0.15, -0.1) is 0 Å². The van der Waals surface area contributed by atoms with Crippen molar-refractivity contribution >= 4 is 5.97 Å². The van der Waals surface area contributed by atoms with E-state index in [1.54, 1.807) is 18.2 Å². The van der Waals surface area contributed by atoms with Crippen molar-refractivity contribution in [3.63, 3.8) is 0 Å². The minimum Gasteiger partial charge on any atom is -0.454 e. The van der Waals surface area contributed by atoms with Crippen LogP contribution in [0.15, 0.2) is 36.4 Å². The van der Waals surface area contributed by atoms with Crippen molar-refractivity contribution in [1.82, 2.24) is 0 Å². The van der Waals surface area contributed by atoms with Gasteiger partial charge in [0.25, 0.3) is 0 Å². The van der Waals surface area contributed by atoms with Crippen LogP contribution < -0.4 is 14.2 Å². The van der Waals surface area contributed by atoms with Gasteiger partial charge in [-0.25, -0.2) is 4.39 Å². The lowest BCUT2D eigenvalue weighted by Crippen LogP contribution is -2.20. The molecule has 5 heteroatoms. The van der Waals surface area contributed by atoms with E-state index in [9.17, 15) is 9.18 Å². The molecule has 0 saturated heterocycles. The van der Waals surface area contributed by atoms with Crippen LogP contribution in [0.4, 0.5) is 4.39 Å². The van der Waals surface area contributed by atoms with Crippen molar-refractivity contribution in [2.45, 2.75) is 12.3 Å². The van der Waals surface area contributed by atoms with Crippen LogP contribution >= 0.6 is 0 Å². The van der Waals surface area contributed by atoms with Gasteiger partial charge < -0.3 is 14.2 Å². The molecule has 21 heavy (non-hydrogen) atoms. The molecule has 0 radical (unpaired) electrons. The summed E-state index contributed by atoms with van der Waals surface area (Å²) in [6.07, 6.45) is 0.221. The molecule has 0 N–H and O–H groups in total. The summed E-state index contributed by atoms with van der Waals surface area (Å²) in [4.78, 5) is 11.8.